The number of nitrogens with zero attached hydrogens (tertiary/aromatic N) is 1. The molecule has 0 saturated carbocycles. The predicted octanol–water partition coefficient (Wildman–Crippen LogP) is 2.86. The lowest BCUT2D eigenvalue weighted by Crippen LogP contribution is -2.16. The highest BCUT2D eigenvalue weighted by Gasteiger charge is 2.19. The van der Waals surface area contributed by atoms with Crippen LogP contribution in [0.4, 0.5) is 11.4 Å². The van der Waals surface area contributed by atoms with E-state index in [9.17, 15) is 13.2 Å². The first-order valence-electron chi connectivity index (χ1n) is 8.25. The van der Waals surface area contributed by atoms with Crippen molar-refractivity contribution in [3.8, 4) is 11.5 Å². The van der Waals surface area contributed by atoms with Gasteiger partial charge in [-0.05, 0) is 42.5 Å². The molecule has 2 N–H and O–H groups in total. The topological polar surface area (TPSA) is 107 Å². The van der Waals surface area contributed by atoms with E-state index in [4.69, 9.17) is 9.47 Å². The van der Waals surface area contributed by atoms with Crippen molar-refractivity contribution in [2.24, 2.45) is 0 Å². The Labute approximate surface area is 161 Å². The van der Waals surface area contributed by atoms with Crippen LogP contribution in [-0.2, 0) is 10.0 Å². The van der Waals surface area contributed by atoms with Crippen molar-refractivity contribution in [1.82, 2.24) is 4.98 Å². The molecule has 8 nitrogen and oxygen atoms in total. The second-order valence-electron chi connectivity index (χ2n) is 5.90. The van der Waals surface area contributed by atoms with Gasteiger partial charge in [-0.3, -0.25) is 14.5 Å². The molecule has 0 aliphatic carbocycles. The smallest absolute Gasteiger partial charge is 0.261 e. The number of amides is 1. The minimum absolute atomic E-state index is 0.0380. The van der Waals surface area contributed by atoms with Crippen LogP contribution in [0.3, 0.4) is 0 Å². The van der Waals surface area contributed by atoms with Gasteiger partial charge in [0.15, 0.2) is 11.5 Å². The zero-order valence-electron chi connectivity index (χ0n) is 14.5. The number of pyridine rings is 1. The van der Waals surface area contributed by atoms with Gasteiger partial charge in [-0.15, -0.1) is 0 Å². The minimum Gasteiger partial charge on any atom is -0.454 e. The van der Waals surface area contributed by atoms with Gasteiger partial charge in [0.1, 0.15) is 0 Å². The number of aromatic nitrogens is 1. The van der Waals surface area contributed by atoms with E-state index in [0.29, 0.717) is 22.9 Å². The number of rotatable bonds is 5. The minimum atomic E-state index is -3.90. The van der Waals surface area contributed by atoms with Gasteiger partial charge in [-0.25, -0.2) is 8.42 Å². The highest BCUT2D eigenvalue weighted by atomic mass is 32.2. The summed E-state index contributed by atoms with van der Waals surface area (Å²) in [6.45, 7) is 0.0969. The molecule has 0 fully saturated rings. The second-order valence-corrected chi connectivity index (χ2v) is 7.58. The van der Waals surface area contributed by atoms with E-state index in [1.165, 1.54) is 30.5 Å². The summed E-state index contributed by atoms with van der Waals surface area (Å²) in [4.78, 5) is 16.3. The Balaban J connectivity index is 1.55. The summed E-state index contributed by atoms with van der Waals surface area (Å²) in [6, 6.07) is 13.9. The summed E-state index contributed by atoms with van der Waals surface area (Å²) in [5.41, 5.74) is 1.05. The van der Waals surface area contributed by atoms with Crippen molar-refractivity contribution in [3.05, 3.63) is 72.6 Å². The molecule has 142 valence electrons. The SMILES string of the molecule is O=C(Nc1cccnc1)c1cccc(S(=O)(=O)Nc2ccc3c(c2)OCO3)c1. The zero-order valence-corrected chi connectivity index (χ0v) is 15.3. The van der Waals surface area contributed by atoms with Crippen LogP contribution in [0.5, 0.6) is 11.5 Å². The summed E-state index contributed by atoms with van der Waals surface area (Å²) in [6.07, 6.45) is 3.09. The molecule has 4 rings (SSSR count). The molecule has 1 amide bonds. The molecular formula is C19H15N3O5S. The van der Waals surface area contributed by atoms with Gasteiger partial charge in [0.2, 0.25) is 6.79 Å². The molecule has 0 saturated heterocycles. The summed E-state index contributed by atoms with van der Waals surface area (Å²) in [7, 11) is -3.90. The van der Waals surface area contributed by atoms with Crippen LogP contribution in [0.1, 0.15) is 10.4 Å². The molecule has 0 bridgehead atoms. The Hall–Kier alpha value is -3.59. The molecule has 0 spiro atoms. The average molecular weight is 397 g/mol. The molecule has 0 atom stereocenters. The van der Waals surface area contributed by atoms with E-state index in [-0.39, 0.29) is 17.3 Å². The maximum atomic E-state index is 12.7. The van der Waals surface area contributed by atoms with Gasteiger partial charge < -0.3 is 14.8 Å². The lowest BCUT2D eigenvalue weighted by Gasteiger charge is -2.10. The number of sulfonamides is 1. The second kappa shape index (κ2) is 7.20. The quantitative estimate of drug-likeness (QED) is 0.686. The summed E-state index contributed by atoms with van der Waals surface area (Å²) >= 11 is 0. The Kier molecular flexibility index (Phi) is 4.58. The highest BCUT2D eigenvalue weighted by molar-refractivity contribution is 7.92. The first-order valence-corrected chi connectivity index (χ1v) is 9.73. The monoisotopic (exact) mass is 397 g/mol. The van der Waals surface area contributed by atoms with Crippen molar-refractivity contribution < 1.29 is 22.7 Å². The normalized spacial score (nSPS) is 12.4. The van der Waals surface area contributed by atoms with Crippen LogP contribution in [-0.4, -0.2) is 26.1 Å². The number of carbonyl (C=O) groups excluding carboxylic acids is 1. The molecule has 1 aliphatic rings. The van der Waals surface area contributed by atoms with E-state index in [0.717, 1.165) is 0 Å². The number of nitrogens with one attached hydrogen (secondary N) is 2. The molecule has 1 aromatic heterocycles. The molecule has 0 radical (unpaired) electrons. The molecular weight excluding hydrogens is 382 g/mol. The number of hydrogen-bond donors (Lipinski definition) is 2. The van der Waals surface area contributed by atoms with Crippen molar-refractivity contribution in [2.75, 3.05) is 16.8 Å². The largest absolute Gasteiger partial charge is 0.454 e. The van der Waals surface area contributed by atoms with E-state index in [2.05, 4.69) is 15.0 Å². The van der Waals surface area contributed by atoms with E-state index in [1.807, 2.05) is 0 Å². The third kappa shape index (κ3) is 3.74. The summed E-state index contributed by atoms with van der Waals surface area (Å²) < 4.78 is 38.4. The van der Waals surface area contributed by atoms with Crippen LogP contribution in [0, 0.1) is 0 Å². The van der Waals surface area contributed by atoms with Gasteiger partial charge in [-0.2, -0.15) is 0 Å². The number of fused-ring (bicyclic) bond motifs is 1. The predicted molar refractivity (Wildman–Crippen MR) is 102 cm³/mol. The molecule has 0 unspecified atom stereocenters. The summed E-state index contributed by atoms with van der Waals surface area (Å²) in [5, 5.41) is 2.67. The van der Waals surface area contributed by atoms with Gasteiger partial charge in [-0.1, -0.05) is 6.07 Å². The number of benzene rings is 2. The Bertz CT molecular complexity index is 1130. The maximum Gasteiger partial charge on any atom is 0.261 e. The zero-order chi connectivity index (χ0) is 19.6. The number of anilines is 2. The fraction of sp³-hybridized carbons (Fsp3) is 0.0526. The van der Waals surface area contributed by atoms with E-state index in [1.54, 1.807) is 36.5 Å². The number of carbonyl (C=O) groups is 1. The van der Waals surface area contributed by atoms with Crippen molar-refractivity contribution in [3.63, 3.8) is 0 Å². The molecule has 28 heavy (non-hydrogen) atoms. The molecule has 3 aromatic rings. The number of ether oxygens (including phenoxy) is 2. The first kappa shape index (κ1) is 17.8. The number of hydrogen-bond acceptors (Lipinski definition) is 6. The fourth-order valence-corrected chi connectivity index (χ4v) is 3.71. The van der Waals surface area contributed by atoms with Crippen LogP contribution in [0.25, 0.3) is 0 Å². The van der Waals surface area contributed by atoms with Crippen LogP contribution < -0.4 is 19.5 Å². The van der Waals surface area contributed by atoms with E-state index < -0.39 is 15.9 Å². The molecule has 9 heteroatoms. The Morgan fingerprint density at radius 3 is 2.64 bits per heavy atom. The average Bonchev–Trinajstić information content (AvgIpc) is 3.16. The van der Waals surface area contributed by atoms with Crippen LogP contribution in [0.15, 0.2) is 71.9 Å². The van der Waals surface area contributed by atoms with Crippen molar-refractivity contribution in [2.45, 2.75) is 4.90 Å². The standard InChI is InChI=1S/C19H15N3O5S/c23-19(21-15-4-2-8-20-11-15)13-3-1-5-16(9-13)28(24,25)22-14-6-7-17-18(10-14)27-12-26-17/h1-11,22H,12H2,(H,21,23). The highest BCUT2D eigenvalue weighted by Crippen LogP contribution is 2.34. The Morgan fingerprint density at radius 1 is 0.964 bits per heavy atom. The van der Waals surface area contributed by atoms with Crippen molar-refractivity contribution in [1.29, 1.82) is 0 Å². The third-order valence-corrected chi connectivity index (χ3v) is 5.33. The van der Waals surface area contributed by atoms with Crippen molar-refractivity contribution >= 4 is 27.3 Å². The van der Waals surface area contributed by atoms with Crippen LogP contribution in [0.2, 0.25) is 0 Å². The Morgan fingerprint density at radius 2 is 1.82 bits per heavy atom. The summed E-state index contributed by atoms with van der Waals surface area (Å²) in [5.74, 6) is 0.579. The van der Waals surface area contributed by atoms with Crippen LogP contribution >= 0.6 is 0 Å². The first-order chi connectivity index (χ1) is 13.5. The van der Waals surface area contributed by atoms with E-state index >= 15 is 0 Å². The molecule has 1 aliphatic heterocycles. The maximum absolute atomic E-state index is 12.7. The lowest BCUT2D eigenvalue weighted by molar-refractivity contribution is 0.102. The van der Waals surface area contributed by atoms with Gasteiger partial charge in [0.25, 0.3) is 15.9 Å². The van der Waals surface area contributed by atoms with Gasteiger partial charge >= 0.3 is 0 Å². The molecule has 2 aromatic carbocycles. The molecule has 2 heterocycles. The lowest BCUT2D eigenvalue weighted by atomic mass is 10.2. The van der Waals surface area contributed by atoms with Gasteiger partial charge in [0.05, 0.1) is 22.5 Å². The van der Waals surface area contributed by atoms with Gasteiger partial charge in [0, 0.05) is 17.8 Å². The third-order valence-electron chi connectivity index (χ3n) is 3.95. The fourth-order valence-electron chi connectivity index (χ4n) is 2.62.